The van der Waals surface area contributed by atoms with E-state index in [0.29, 0.717) is 5.92 Å². The van der Waals surface area contributed by atoms with Crippen LogP contribution in [0.15, 0.2) is 24.3 Å². The molecule has 0 aliphatic carbocycles. The molecule has 1 saturated heterocycles. The van der Waals surface area contributed by atoms with Crippen LogP contribution in [0.1, 0.15) is 51.5 Å². The van der Waals surface area contributed by atoms with Gasteiger partial charge in [-0.15, -0.1) is 0 Å². The van der Waals surface area contributed by atoms with Crippen LogP contribution in [0.5, 0.6) is 0 Å². The largest absolute Gasteiger partial charge is 0.325 e. The second-order valence-electron chi connectivity index (χ2n) is 6.15. The number of anilines is 1. The number of hydrogen-bond donors (Lipinski definition) is 2. The highest BCUT2D eigenvalue weighted by atomic mass is 16.2. The summed E-state index contributed by atoms with van der Waals surface area (Å²) in [6, 6.07) is 8.12. The van der Waals surface area contributed by atoms with Crippen LogP contribution in [0.25, 0.3) is 0 Å². The number of rotatable bonds is 5. The molecule has 2 N–H and O–H groups in total. The van der Waals surface area contributed by atoms with E-state index in [-0.39, 0.29) is 11.3 Å². The lowest BCUT2D eigenvalue weighted by atomic mass is 9.81. The summed E-state index contributed by atoms with van der Waals surface area (Å²) in [5.74, 6) is 0.591. The van der Waals surface area contributed by atoms with Crippen LogP contribution in [-0.2, 0) is 4.79 Å². The molecule has 1 aromatic rings. The number of hydrogen-bond acceptors (Lipinski definition) is 2. The summed E-state index contributed by atoms with van der Waals surface area (Å²) in [6.45, 7) is 8.21. The predicted octanol–water partition coefficient (Wildman–Crippen LogP) is 3.53. The molecule has 0 spiro atoms. The molecule has 1 amide bonds. The number of carbonyl (C=O) groups excluding carboxylic acids is 1. The van der Waals surface area contributed by atoms with Gasteiger partial charge < -0.3 is 10.6 Å². The minimum absolute atomic E-state index is 0.178. The van der Waals surface area contributed by atoms with Crippen LogP contribution in [0.3, 0.4) is 0 Å². The van der Waals surface area contributed by atoms with Crippen LogP contribution in [0, 0.1) is 5.41 Å². The Balaban J connectivity index is 2.18. The molecule has 20 heavy (non-hydrogen) atoms. The van der Waals surface area contributed by atoms with E-state index in [0.717, 1.165) is 38.0 Å². The van der Waals surface area contributed by atoms with Crippen molar-refractivity contribution < 1.29 is 4.79 Å². The highest BCUT2D eigenvalue weighted by molar-refractivity contribution is 5.96. The molecule has 3 nitrogen and oxygen atoms in total. The van der Waals surface area contributed by atoms with Crippen molar-refractivity contribution in [1.82, 2.24) is 5.32 Å². The Hall–Kier alpha value is -1.35. The van der Waals surface area contributed by atoms with Gasteiger partial charge in [-0.2, -0.15) is 0 Å². The van der Waals surface area contributed by atoms with Crippen molar-refractivity contribution in [1.29, 1.82) is 0 Å². The molecule has 1 heterocycles. The normalized spacial score (nSPS) is 22.2. The molecule has 0 bridgehead atoms. The minimum Gasteiger partial charge on any atom is -0.325 e. The standard InChI is InChI=1S/C17H26N2O/c1-4-9-17(10-11-18-12-17)16(20)19-15-8-6-5-7-14(15)13(2)3/h5-8,13,18H,4,9-12H2,1-3H3,(H,19,20). The van der Waals surface area contributed by atoms with Crippen molar-refractivity contribution in [2.45, 2.75) is 46.0 Å². The van der Waals surface area contributed by atoms with E-state index in [1.54, 1.807) is 0 Å². The third-order valence-electron chi connectivity index (χ3n) is 4.28. The summed E-state index contributed by atoms with van der Waals surface area (Å²) >= 11 is 0. The number of carbonyl (C=O) groups is 1. The molecule has 1 unspecified atom stereocenters. The Kier molecular flexibility index (Phi) is 4.81. The molecule has 1 aliphatic heterocycles. The van der Waals surface area contributed by atoms with Crippen LogP contribution < -0.4 is 10.6 Å². The zero-order valence-corrected chi connectivity index (χ0v) is 12.8. The highest BCUT2D eigenvalue weighted by Gasteiger charge is 2.40. The number of amides is 1. The molecule has 1 aromatic carbocycles. The smallest absolute Gasteiger partial charge is 0.231 e. The van der Waals surface area contributed by atoms with Gasteiger partial charge in [0.15, 0.2) is 0 Å². The van der Waals surface area contributed by atoms with E-state index in [1.165, 1.54) is 5.56 Å². The zero-order chi connectivity index (χ0) is 14.6. The van der Waals surface area contributed by atoms with E-state index in [9.17, 15) is 4.79 Å². The summed E-state index contributed by atoms with van der Waals surface area (Å²) < 4.78 is 0. The maximum absolute atomic E-state index is 12.8. The molecule has 3 heteroatoms. The van der Waals surface area contributed by atoms with E-state index in [4.69, 9.17) is 0 Å². The van der Waals surface area contributed by atoms with Gasteiger partial charge in [-0.1, -0.05) is 45.4 Å². The summed E-state index contributed by atoms with van der Waals surface area (Å²) in [7, 11) is 0. The van der Waals surface area contributed by atoms with E-state index in [2.05, 4.69) is 37.5 Å². The zero-order valence-electron chi connectivity index (χ0n) is 12.8. The van der Waals surface area contributed by atoms with Crippen LogP contribution in [0.4, 0.5) is 5.69 Å². The lowest BCUT2D eigenvalue weighted by Gasteiger charge is -2.27. The van der Waals surface area contributed by atoms with Crippen molar-refractivity contribution in [2.75, 3.05) is 18.4 Å². The number of nitrogens with one attached hydrogen (secondary N) is 2. The fourth-order valence-corrected chi connectivity index (χ4v) is 3.11. The molecule has 110 valence electrons. The minimum atomic E-state index is -0.223. The molecular weight excluding hydrogens is 248 g/mol. The summed E-state index contributed by atoms with van der Waals surface area (Å²) in [5.41, 5.74) is 1.95. The third-order valence-corrected chi connectivity index (χ3v) is 4.28. The molecular formula is C17H26N2O. The second-order valence-corrected chi connectivity index (χ2v) is 6.15. The summed E-state index contributed by atoms with van der Waals surface area (Å²) in [4.78, 5) is 12.8. The Morgan fingerprint density at radius 1 is 1.40 bits per heavy atom. The highest BCUT2D eigenvalue weighted by Crippen LogP contribution is 2.33. The topological polar surface area (TPSA) is 41.1 Å². The molecule has 0 aromatic heterocycles. The van der Waals surface area contributed by atoms with Crippen LogP contribution in [0.2, 0.25) is 0 Å². The van der Waals surface area contributed by atoms with Crippen molar-refractivity contribution >= 4 is 11.6 Å². The quantitative estimate of drug-likeness (QED) is 0.862. The summed E-state index contributed by atoms with van der Waals surface area (Å²) in [6.07, 6.45) is 2.94. The molecule has 0 radical (unpaired) electrons. The van der Waals surface area contributed by atoms with Crippen molar-refractivity contribution in [3.05, 3.63) is 29.8 Å². The number of para-hydroxylation sites is 1. The van der Waals surface area contributed by atoms with Gasteiger partial charge in [-0.05, 0) is 36.9 Å². The average molecular weight is 274 g/mol. The predicted molar refractivity (Wildman–Crippen MR) is 84.0 cm³/mol. The maximum Gasteiger partial charge on any atom is 0.231 e. The van der Waals surface area contributed by atoms with Gasteiger partial charge in [0.25, 0.3) is 0 Å². The first kappa shape index (κ1) is 15.0. The maximum atomic E-state index is 12.8. The second kappa shape index (κ2) is 6.40. The lowest BCUT2D eigenvalue weighted by Crippen LogP contribution is -2.38. The van der Waals surface area contributed by atoms with Crippen LogP contribution in [-0.4, -0.2) is 19.0 Å². The van der Waals surface area contributed by atoms with Crippen molar-refractivity contribution in [3.63, 3.8) is 0 Å². The van der Waals surface area contributed by atoms with Gasteiger partial charge in [-0.25, -0.2) is 0 Å². The lowest BCUT2D eigenvalue weighted by molar-refractivity contribution is -0.125. The third kappa shape index (κ3) is 3.04. The fraction of sp³-hybridized carbons (Fsp3) is 0.588. The SMILES string of the molecule is CCCC1(C(=O)Nc2ccccc2C(C)C)CCNC1. The molecule has 1 atom stereocenters. The van der Waals surface area contributed by atoms with Crippen molar-refractivity contribution in [2.24, 2.45) is 5.41 Å². The molecule has 0 saturated carbocycles. The first-order valence-electron chi connectivity index (χ1n) is 7.70. The van der Waals surface area contributed by atoms with E-state index < -0.39 is 0 Å². The fourth-order valence-electron chi connectivity index (χ4n) is 3.11. The first-order chi connectivity index (χ1) is 9.59. The van der Waals surface area contributed by atoms with Gasteiger partial charge >= 0.3 is 0 Å². The molecule has 1 fully saturated rings. The van der Waals surface area contributed by atoms with E-state index in [1.807, 2.05) is 18.2 Å². The van der Waals surface area contributed by atoms with Gasteiger partial charge in [-0.3, -0.25) is 4.79 Å². The Bertz CT molecular complexity index is 462. The first-order valence-corrected chi connectivity index (χ1v) is 7.70. The van der Waals surface area contributed by atoms with E-state index >= 15 is 0 Å². The average Bonchev–Trinajstić information content (AvgIpc) is 2.89. The van der Waals surface area contributed by atoms with Gasteiger partial charge in [0, 0.05) is 12.2 Å². The Labute approximate surface area is 122 Å². The Morgan fingerprint density at radius 2 is 2.15 bits per heavy atom. The van der Waals surface area contributed by atoms with Gasteiger partial charge in [0.1, 0.15) is 0 Å². The van der Waals surface area contributed by atoms with Crippen LogP contribution >= 0.6 is 0 Å². The number of benzene rings is 1. The molecule has 1 aliphatic rings. The molecule has 2 rings (SSSR count). The van der Waals surface area contributed by atoms with Crippen molar-refractivity contribution in [3.8, 4) is 0 Å². The van der Waals surface area contributed by atoms with Gasteiger partial charge in [0.05, 0.1) is 5.41 Å². The monoisotopic (exact) mass is 274 g/mol. The van der Waals surface area contributed by atoms with Gasteiger partial charge in [0.2, 0.25) is 5.91 Å². The summed E-state index contributed by atoms with van der Waals surface area (Å²) in [5, 5.41) is 6.52. The Morgan fingerprint density at radius 3 is 2.75 bits per heavy atom.